The van der Waals surface area contributed by atoms with Gasteiger partial charge in [0.05, 0.1) is 29.2 Å². The van der Waals surface area contributed by atoms with E-state index in [0.717, 1.165) is 0 Å². The summed E-state index contributed by atoms with van der Waals surface area (Å²) in [5.41, 5.74) is 0.0654. The molecule has 1 heterocycles. The molecule has 12 heteroatoms. The molecule has 0 aromatic heterocycles. The lowest BCUT2D eigenvalue weighted by molar-refractivity contribution is -0.136. The van der Waals surface area contributed by atoms with E-state index in [-0.39, 0.29) is 24.3 Å². The van der Waals surface area contributed by atoms with E-state index in [1.165, 1.54) is 16.4 Å². The van der Waals surface area contributed by atoms with Crippen molar-refractivity contribution in [2.24, 2.45) is 4.99 Å². The standard InChI is InChI=1S/C26H30ClF3N4O3S/c1-18(12-13-22-32-23(25(2,3)33-22)24(35)31-15-14-26(28,29)30)34(17-19-8-7-9-20(27)16-19)38(36,37)21-10-5-4-6-11-21/h4-11,16,23H,1,12-15,17H2,2-3H3,(H,31,35)(H,32,33)/t23-/m0/s1. The number of nitrogens with one attached hydrogen (secondary N) is 2. The van der Waals surface area contributed by atoms with Gasteiger partial charge in [0.1, 0.15) is 6.04 Å². The van der Waals surface area contributed by atoms with Gasteiger partial charge in [-0.15, -0.1) is 0 Å². The first-order chi connectivity index (χ1) is 17.7. The number of halogens is 4. The van der Waals surface area contributed by atoms with E-state index >= 15 is 0 Å². The molecule has 1 aliphatic rings. The molecule has 0 unspecified atom stereocenters. The van der Waals surface area contributed by atoms with Crippen molar-refractivity contribution in [3.63, 3.8) is 0 Å². The summed E-state index contributed by atoms with van der Waals surface area (Å²) in [6.07, 6.45) is -5.06. The molecule has 2 N–H and O–H groups in total. The van der Waals surface area contributed by atoms with Crippen LogP contribution in [0.3, 0.4) is 0 Å². The minimum Gasteiger partial charge on any atom is -0.360 e. The van der Waals surface area contributed by atoms with Crippen molar-refractivity contribution in [1.82, 2.24) is 14.9 Å². The zero-order chi connectivity index (χ0) is 28.1. The molecule has 7 nitrogen and oxygen atoms in total. The summed E-state index contributed by atoms with van der Waals surface area (Å²) in [4.78, 5) is 17.2. The van der Waals surface area contributed by atoms with Crippen LogP contribution < -0.4 is 10.6 Å². The Morgan fingerprint density at radius 3 is 2.50 bits per heavy atom. The molecule has 0 spiro atoms. The SMILES string of the molecule is C=C(CCC1=NC(C)(C)[C@H](C(=O)NCCC(F)(F)F)N1)N(Cc1cccc(Cl)c1)S(=O)(=O)c1ccccc1. The lowest BCUT2D eigenvalue weighted by atomic mass is 9.96. The number of sulfonamides is 1. The van der Waals surface area contributed by atoms with Crippen LogP contribution in [0.5, 0.6) is 0 Å². The van der Waals surface area contributed by atoms with Crippen LogP contribution in [-0.4, -0.2) is 48.8 Å². The smallest absolute Gasteiger partial charge is 0.360 e. The lowest BCUT2D eigenvalue weighted by Crippen LogP contribution is -2.52. The maximum absolute atomic E-state index is 13.5. The first kappa shape index (κ1) is 29.5. The van der Waals surface area contributed by atoms with Crippen LogP contribution in [0.2, 0.25) is 5.02 Å². The van der Waals surface area contributed by atoms with E-state index < -0.39 is 46.7 Å². The number of hydrogen-bond acceptors (Lipinski definition) is 5. The number of carbonyl (C=O) groups is 1. The first-order valence-corrected chi connectivity index (χ1v) is 13.7. The van der Waals surface area contributed by atoms with E-state index in [1.54, 1.807) is 56.3 Å². The molecule has 0 bridgehead atoms. The van der Waals surface area contributed by atoms with Gasteiger partial charge in [0.2, 0.25) is 5.91 Å². The van der Waals surface area contributed by atoms with Crippen LogP contribution in [0, 0.1) is 0 Å². The number of alkyl halides is 3. The van der Waals surface area contributed by atoms with Crippen LogP contribution in [-0.2, 0) is 21.4 Å². The molecule has 0 saturated heterocycles. The Morgan fingerprint density at radius 2 is 1.87 bits per heavy atom. The van der Waals surface area contributed by atoms with Gasteiger partial charge in [0, 0.05) is 23.7 Å². The summed E-state index contributed by atoms with van der Waals surface area (Å²) in [6.45, 7) is 6.89. The van der Waals surface area contributed by atoms with Crippen molar-refractivity contribution in [3.05, 3.63) is 77.5 Å². The summed E-state index contributed by atoms with van der Waals surface area (Å²) >= 11 is 6.10. The van der Waals surface area contributed by atoms with Gasteiger partial charge in [-0.3, -0.25) is 14.1 Å². The van der Waals surface area contributed by atoms with Crippen LogP contribution in [0.25, 0.3) is 0 Å². The summed E-state index contributed by atoms with van der Waals surface area (Å²) in [5, 5.41) is 5.75. The number of carbonyl (C=O) groups excluding carboxylic acids is 1. The predicted molar refractivity (Wildman–Crippen MR) is 141 cm³/mol. The van der Waals surface area contributed by atoms with Crippen molar-refractivity contribution >= 4 is 33.4 Å². The summed E-state index contributed by atoms with van der Waals surface area (Å²) in [5.74, 6) is -0.155. The van der Waals surface area contributed by atoms with E-state index in [0.29, 0.717) is 22.1 Å². The molecular formula is C26H30ClF3N4O3S. The molecule has 2 aromatic rings. The third-order valence-corrected chi connectivity index (χ3v) is 8.03. The zero-order valence-corrected chi connectivity index (χ0v) is 22.6. The highest BCUT2D eigenvalue weighted by Crippen LogP contribution is 2.27. The van der Waals surface area contributed by atoms with Crippen LogP contribution in [0.4, 0.5) is 13.2 Å². The van der Waals surface area contributed by atoms with Gasteiger partial charge in [-0.1, -0.05) is 48.5 Å². The second-order valence-corrected chi connectivity index (χ2v) is 11.8. The molecule has 3 rings (SSSR count). The molecule has 0 radical (unpaired) electrons. The Balaban J connectivity index is 1.72. The molecule has 1 atom stereocenters. The average Bonchev–Trinajstić information content (AvgIpc) is 3.15. The Kier molecular flexibility index (Phi) is 9.14. The normalized spacial score (nSPS) is 16.9. The van der Waals surface area contributed by atoms with Crippen molar-refractivity contribution in [3.8, 4) is 0 Å². The highest BCUT2D eigenvalue weighted by molar-refractivity contribution is 7.89. The number of amides is 1. The van der Waals surface area contributed by atoms with Gasteiger partial charge in [-0.25, -0.2) is 8.42 Å². The molecule has 0 fully saturated rings. The van der Waals surface area contributed by atoms with Gasteiger partial charge in [0.15, 0.2) is 0 Å². The van der Waals surface area contributed by atoms with Crippen molar-refractivity contribution < 1.29 is 26.4 Å². The molecule has 38 heavy (non-hydrogen) atoms. The van der Waals surface area contributed by atoms with Crippen molar-refractivity contribution in [1.29, 1.82) is 0 Å². The summed E-state index contributed by atoms with van der Waals surface area (Å²) < 4.78 is 65.6. The van der Waals surface area contributed by atoms with Gasteiger partial charge < -0.3 is 10.6 Å². The van der Waals surface area contributed by atoms with Gasteiger partial charge in [-0.05, 0) is 50.1 Å². The maximum atomic E-state index is 13.5. The lowest BCUT2D eigenvalue weighted by Gasteiger charge is -2.27. The van der Waals surface area contributed by atoms with Gasteiger partial charge >= 0.3 is 6.18 Å². The van der Waals surface area contributed by atoms with E-state index in [1.807, 2.05) is 0 Å². The Morgan fingerprint density at radius 1 is 1.18 bits per heavy atom. The maximum Gasteiger partial charge on any atom is 0.390 e. The Labute approximate surface area is 225 Å². The molecular weight excluding hydrogens is 541 g/mol. The number of aliphatic imine (C=N–C) groups is 1. The van der Waals surface area contributed by atoms with Crippen LogP contribution in [0.1, 0.15) is 38.7 Å². The fourth-order valence-corrected chi connectivity index (χ4v) is 5.73. The van der Waals surface area contributed by atoms with Crippen molar-refractivity contribution in [2.75, 3.05) is 6.54 Å². The topological polar surface area (TPSA) is 90.9 Å². The fourth-order valence-electron chi connectivity index (χ4n) is 4.01. The monoisotopic (exact) mass is 570 g/mol. The largest absolute Gasteiger partial charge is 0.390 e. The summed E-state index contributed by atoms with van der Waals surface area (Å²) in [7, 11) is -3.95. The van der Waals surface area contributed by atoms with Crippen LogP contribution >= 0.6 is 11.6 Å². The third-order valence-electron chi connectivity index (χ3n) is 5.96. The highest BCUT2D eigenvalue weighted by atomic mass is 35.5. The molecule has 1 aliphatic heterocycles. The van der Waals surface area contributed by atoms with Gasteiger partial charge in [0.25, 0.3) is 10.0 Å². The molecule has 0 saturated carbocycles. The molecule has 0 aliphatic carbocycles. The van der Waals surface area contributed by atoms with E-state index in [4.69, 9.17) is 11.6 Å². The average molecular weight is 571 g/mol. The van der Waals surface area contributed by atoms with Crippen LogP contribution in [0.15, 0.2) is 76.8 Å². The highest BCUT2D eigenvalue weighted by Gasteiger charge is 2.41. The third kappa shape index (κ3) is 7.73. The minimum absolute atomic E-state index is 0.00621. The molecule has 2 aromatic carbocycles. The number of nitrogens with zero attached hydrogens (tertiary/aromatic N) is 2. The van der Waals surface area contributed by atoms with Gasteiger partial charge in [-0.2, -0.15) is 13.2 Å². The number of benzene rings is 2. The minimum atomic E-state index is -4.37. The number of allylic oxidation sites excluding steroid dienone is 1. The van der Waals surface area contributed by atoms with Crippen molar-refractivity contribution in [2.45, 2.75) is 62.3 Å². The van der Waals surface area contributed by atoms with E-state index in [2.05, 4.69) is 22.2 Å². The number of rotatable bonds is 11. The first-order valence-electron chi connectivity index (χ1n) is 11.9. The second kappa shape index (κ2) is 11.8. The quantitative estimate of drug-likeness (QED) is 0.396. The summed E-state index contributed by atoms with van der Waals surface area (Å²) in [6, 6.07) is 14.0. The number of hydrogen-bond donors (Lipinski definition) is 2. The van der Waals surface area contributed by atoms with E-state index in [9.17, 15) is 26.4 Å². The second-order valence-electron chi connectivity index (χ2n) is 9.47. The Hall–Kier alpha value is -3.05. The molecule has 206 valence electrons. The zero-order valence-electron chi connectivity index (χ0n) is 21.1. The fraction of sp³-hybridized carbons (Fsp3) is 0.385. The number of amidine groups is 1. The predicted octanol–water partition coefficient (Wildman–Crippen LogP) is 5.04. The molecule has 1 amide bonds. The Bertz CT molecular complexity index is 1300.